The van der Waals surface area contributed by atoms with Crippen LogP contribution < -0.4 is 10.2 Å². The highest BCUT2D eigenvalue weighted by Crippen LogP contribution is 2.48. The van der Waals surface area contributed by atoms with Gasteiger partial charge in [-0.3, -0.25) is 9.59 Å². The van der Waals surface area contributed by atoms with Crippen molar-refractivity contribution in [3.05, 3.63) is 29.8 Å². The monoisotopic (exact) mass is 385 g/mol. The van der Waals surface area contributed by atoms with Crippen LogP contribution in [-0.2, 0) is 16.1 Å². The molecular formula is C21H27N3O4. The third-order valence-corrected chi connectivity index (χ3v) is 6.60. The smallest absolute Gasteiger partial charge is 0.317 e. The number of likely N-dealkylation sites (tertiary alicyclic amines) is 1. The molecule has 3 amide bonds. The molecule has 2 heterocycles. The van der Waals surface area contributed by atoms with E-state index < -0.39 is 11.4 Å². The summed E-state index contributed by atoms with van der Waals surface area (Å²) in [6, 6.07) is 7.49. The number of fused-ring (bicyclic) bond motifs is 1. The maximum atomic E-state index is 12.5. The number of aliphatic carboxylic acids is 1. The van der Waals surface area contributed by atoms with Gasteiger partial charge in [-0.15, -0.1) is 0 Å². The zero-order valence-electron chi connectivity index (χ0n) is 16.0. The summed E-state index contributed by atoms with van der Waals surface area (Å²) in [6.45, 7) is 1.97. The van der Waals surface area contributed by atoms with Gasteiger partial charge in [0.15, 0.2) is 0 Å². The molecule has 2 saturated heterocycles. The van der Waals surface area contributed by atoms with E-state index in [1.54, 1.807) is 4.90 Å². The molecule has 0 unspecified atom stereocenters. The number of carboxylic acid groups (broad SMARTS) is 1. The molecule has 3 aliphatic rings. The van der Waals surface area contributed by atoms with Gasteiger partial charge in [0, 0.05) is 38.3 Å². The summed E-state index contributed by atoms with van der Waals surface area (Å²) in [7, 11) is 0. The summed E-state index contributed by atoms with van der Waals surface area (Å²) in [5, 5.41) is 12.6. The number of benzene rings is 1. The van der Waals surface area contributed by atoms with E-state index in [9.17, 15) is 19.5 Å². The number of rotatable bonds is 4. The molecule has 7 nitrogen and oxygen atoms in total. The third-order valence-electron chi connectivity index (χ3n) is 6.60. The van der Waals surface area contributed by atoms with Gasteiger partial charge in [0.1, 0.15) is 0 Å². The number of nitrogens with one attached hydrogen (secondary N) is 1. The third kappa shape index (κ3) is 3.34. The van der Waals surface area contributed by atoms with E-state index in [1.807, 2.05) is 29.2 Å². The summed E-state index contributed by atoms with van der Waals surface area (Å²) in [6.07, 6.45) is 5.06. The molecule has 1 aromatic carbocycles. The summed E-state index contributed by atoms with van der Waals surface area (Å²) in [5.74, 6) is -0.537. The van der Waals surface area contributed by atoms with Gasteiger partial charge in [0.05, 0.1) is 5.41 Å². The number of amides is 3. The number of nitrogens with zero attached hydrogens (tertiary/aromatic N) is 2. The van der Waals surface area contributed by atoms with Gasteiger partial charge in [-0.05, 0) is 49.3 Å². The normalized spacial score (nSPS) is 27.0. The molecule has 1 aromatic rings. The first-order valence-corrected chi connectivity index (χ1v) is 10.1. The van der Waals surface area contributed by atoms with Crippen LogP contribution in [0.15, 0.2) is 24.3 Å². The Bertz CT molecular complexity index is 778. The zero-order chi connectivity index (χ0) is 19.7. The van der Waals surface area contributed by atoms with Gasteiger partial charge in [-0.1, -0.05) is 18.6 Å². The first-order chi connectivity index (χ1) is 13.5. The van der Waals surface area contributed by atoms with Crippen molar-refractivity contribution in [1.82, 2.24) is 10.2 Å². The molecule has 0 spiro atoms. The zero-order valence-corrected chi connectivity index (χ0v) is 16.0. The van der Waals surface area contributed by atoms with Crippen molar-refractivity contribution in [1.29, 1.82) is 0 Å². The minimum absolute atomic E-state index is 0.0668. The number of piperidine rings is 1. The lowest BCUT2D eigenvalue weighted by Crippen LogP contribution is -2.41. The molecule has 2 aliphatic heterocycles. The summed E-state index contributed by atoms with van der Waals surface area (Å²) in [5.41, 5.74) is 1.10. The van der Waals surface area contributed by atoms with Crippen LogP contribution in [0.4, 0.5) is 10.5 Å². The second-order valence-corrected chi connectivity index (χ2v) is 8.26. The van der Waals surface area contributed by atoms with Crippen LogP contribution in [0.3, 0.4) is 0 Å². The molecule has 0 bridgehead atoms. The quantitative estimate of drug-likeness (QED) is 0.834. The Kier molecular flexibility index (Phi) is 5.00. The van der Waals surface area contributed by atoms with Crippen molar-refractivity contribution in [3.8, 4) is 0 Å². The van der Waals surface area contributed by atoms with Gasteiger partial charge in [-0.2, -0.15) is 0 Å². The number of anilines is 1. The molecule has 4 rings (SSSR count). The molecule has 2 atom stereocenters. The Labute approximate surface area is 164 Å². The minimum Gasteiger partial charge on any atom is -0.481 e. The van der Waals surface area contributed by atoms with Gasteiger partial charge in [-0.25, -0.2) is 4.79 Å². The summed E-state index contributed by atoms with van der Waals surface area (Å²) in [4.78, 5) is 39.8. The number of urea groups is 1. The van der Waals surface area contributed by atoms with E-state index in [1.165, 1.54) is 0 Å². The van der Waals surface area contributed by atoms with Crippen LogP contribution in [0.5, 0.6) is 0 Å². The van der Waals surface area contributed by atoms with Crippen molar-refractivity contribution >= 4 is 23.6 Å². The largest absolute Gasteiger partial charge is 0.481 e. The van der Waals surface area contributed by atoms with Gasteiger partial charge >= 0.3 is 12.0 Å². The van der Waals surface area contributed by atoms with E-state index in [-0.39, 0.29) is 17.9 Å². The predicted octanol–water partition coefficient (Wildman–Crippen LogP) is 2.60. The fourth-order valence-corrected chi connectivity index (χ4v) is 4.96. The minimum atomic E-state index is -0.770. The summed E-state index contributed by atoms with van der Waals surface area (Å²) >= 11 is 0. The van der Waals surface area contributed by atoms with Crippen LogP contribution in [0, 0.1) is 11.3 Å². The Morgan fingerprint density at radius 1 is 1.18 bits per heavy atom. The number of carbonyl (C=O) groups excluding carboxylic acids is 2. The maximum Gasteiger partial charge on any atom is 0.317 e. The van der Waals surface area contributed by atoms with Crippen molar-refractivity contribution in [2.45, 2.75) is 45.1 Å². The highest BCUT2D eigenvalue weighted by Gasteiger charge is 2.55. The maximum absolute atomic E-state index is 12.5. The molecule has 0 radical (unpaired) electrons. The van der Waals surface area contributed by atoms with Gasteiger partial charge in [0.25, 0.3) is 0 Å². The molecule has 1 saturated carbocycles. The van der Waals surface area contributed by atoms with Gasteiger partial charge in [0.2, 0.25) is 5.91 Å². The Hall–Kier alpha value is -2.57. The van der Waals surface area contributed by atoms with E-state index in [0.717, 1.165) is 43.5 Å². The topological polar surface area (TPSA) is 90.0 Å². The SMILES string of the molecule is O=C(NCc1ccc(N2CCCCC2=O)cc1)N1C[C@@H]2CCC[C@@]2(C(=O)O)C1. The van der Waals surface area contributed by atoms with Crippen LogP contribution >= 0.6 is 0 Å². The Balaban J connectivity index is 1.33. The lowest BCUT2D eigenvalue weighted by atomic mass is 9.81. The summed E-state index contributed by atoms with van der Waals surface area (Å²) < 4.78 is 0. The van der Waals surface area contributed by atoms with Crippen LogP contribution in [-0.4, -0.2) is 47.5 Å². The van der Waals surface area contributed by atoms with Gasteiger partial charge < -0.3 is 20.2 Å². The predicted molar refractivity (Wildman–Crippen MR) is 104 cm³/mol. The second kappa shape index (κ2) is 7.45. The average Bonchev–Trinajstić information content (AvgIpc) is 3.26. The fourth-order valence-electron chi connectivity index (χ4n) is 4.96. The fraction of sp³-hybridized carbons (Fsp3) is 0.571. The highest BCUT2D eigenvalue weighted by atomic mass is 16.4. The van der Waals surface area contributed by atoms with Crippen molar-refractivity contribution in [2.24, 2.45) is 11.3 Å². The Morgan fingerprint density at radius 3 is 2.64 bits per heavy atom. The number of hydrogen-bond donors (Lipinski definition) is 2. The molecule has 2 N–H and O–H groups in total. The van der Waals surface area contributed by atoms with E-state index in [0.29, 0.717) is 32.5 Å². The number of carboxylic acids is 1. The van der Waals surface area contributed by atoms with E-state index in [2.05, 4.69) is 5.32 Å². The average molecular weight is 385 g/mol. The van der Waals surface area contributed by atoms with Crippen LogP contribution in [0.2, 0.25) is 0 Å². The molecule has 3 fully saturated rings. The van der Waals surface area contributed by atoms with E-state index in [4.69, 9.17) is 0 Å². The molecular weight excluding hydrogens is 358 g/mol. The lowest BCUT2D eigenvalue weighted by molar-refractivity contribution is -0.149. The van der Waals surface area contributed by atoms with E-state index >= 15 is 0 Å². The number of carbonyl (C=O) groups is 3. The first-order valence-electron chi connectivity index (χ1n) is 10.1. The van der Waals surface area contributed by atoms with Crippen molar-refractivity contribution in [2.75, 3.05) is 24.5 Å². The number of hydrogen-bond acceptors (Lipinski definition) is 3. The van der Waals surface area contributed by atoms with Crippen LogP contribution in [0.25, 0.3) is 0 Å². The van der Waals surface area contributed by atoms with Crippen molar-refractivity contribution < 1.29 is 19.5 Å². The highest BCUT2D eigenvalue weighted by molar-refractivity contribution is 5.94. The first kappa shape index (κ1) is 18.8. The van der Waals surface area contributed by atoms with Crippen LogP contribution in [0.1, 0.15) is 44.1 Å². The molecule has 7 heteroatoms. The second-order valence-electron chi connectivity index (χ2n) is 8.26. The Morgan fingerprint density at radius 2 is 1.96 bits per heavy atom. The molecule has 28 heavy (non-hydrogen) atoms. The lowest BCUT2D eigenvalue weighted by Gasteiger charge is -2.27. The molecule has 150 valence electrons. The molecule has 1 aliphatic carbocycles. The molecule has 0 aromatic heterocycles. The van der Waals surface area contributed by atoms with Crippen molar-refractivity contribution in [3.63, 3.8) is 0 Å². The standard InChI is InChI=1S/C21H27N3O4/c25-18-5-1-2-11-24(18)17-8-6-15(7-9-17)12-22-20(28)23-13-16-4-3-10-21(16,14-23)19(26)27/h6-9,16H,1-5,10-14H2,(H,22,28)(H,26,27)/t16-,21+/m0/s1.